The van der Waals surface area contributed by atoms with Crippen LogP contribution in [0.4, 0.5) is 0 Å². The van der Waals surface area contributed by atoms with Gasteiger partial charge in [0.15, 0.2) is 0 Å². The Morgan fingerprint density at radius 2 is 2.00 bits per heavy atom. The highest BCUT2D eigenvalue weighted by Crippen LogP contribution is 2.32. The summed E-state index contributed by atoms with van der Waals surface area (Å²) in [4.78, 5) is 11.0. The minimum atomic E-state index is -0.925. The zero-order chi connectivity index (χ0) is 15.4. The van der Waals surface area contributed by atoms with Crippen molar-refractivity contribution in [3.05, 3.63) is 52.5 Å². The van der Waals surface area contributed by atoms with Gasteiger partial charge in [-0.05, 0) is 54.3 Å². The van der Waals surface area contributed by atoms with Gasteiger partial charge in [-0.25, -0.2) is 4.79 Å². The van der Waals surface area contributed by atoms with Crippen molar-refractivity contribution in [3.63, 3.8) is 0 Å². The van der Waals surface area contributed by atoms with E-state index in [-0.39, 0.29) is 5.56 Å². The molecule has 0 saturated carbocycles. The molecule has 0 aromatic heterocycles. The molecule has 0 heterocycles. The van der Waals surface area contributed by atoms with Crippen LogP contribution < -0.4 is 4.74 Å². The maximum absolute atomic E-state index is 11.0. The molecule has 2 aromatic carbocycles. The first kappa shape index (κ1) is 15.4. The molecule has 0 atom stereocenters. The molecule has 4 heteroatoms. The number of hydrogen-bond acceptors (Lipinski definition) is 2. The summed E-state index contributed by atoms with van der Waals surface area (Å²) >= 11 is 6.23. The zero-order valence-electron chi connectivity index (χ0n) is 12.0. The van der Waals surface area contributed by atoms with Gasteiger partial charge in [0, 0.05) is 0 Å². The van der Waals surface area contributed by atoms with Gasteiger partial charge in [-0.2, -0.15) is 0 Å². The van der Waals surface area contributed by atoms with E-state index in [1.807, 2.05) is 32.0 Å². The first-order valence-electron chi connectivity index (χ1n) is 6.79. The van der Waals surface area contributed by atoms with Crippen LogP contribution in [0.1, 0.15) is 29.3 Å². The predicted molar refractivity (Wildman–Crippen MR) is 84.4 cm³/mol. The summed E-state index contributed by atoms with van der Waals surface area (Å²) in [5.74, 6) is -0.256. The van der Waals surface area contributed by atoms with Crippen molar-refractivity contribution < 1.29 is 14.6 Å². The summed E-state index contributed by atoms with van der Waals surface area (Å²) in [6, 6.07) is 10.7. The number of carboxylic acids is 1. The third-order valence-electron chi connectivity index (χ3n) is 3.18. The Morgan fingerprint density at radius 1 is 1.24 bits per heavy atom. The van der Waals surface area contributed by atoms with E-state index in [9.17, 15) is 4.79 Å². The zero-order valence-corrected chi connectivity index (χ0v) is 12.8. The topological polar surface area (TPSA) is 46.5 Å². The first-order chi connectivity index (χ1) is 10.0. The molecular formula is C17H17ClO3. The third-order valence-corrected chi connectivity index (χ3v) is 3.47. The average molecular weight is 305 g/mol. The monoisotopic (exact) mass is 304 g/mol. The number of halogens is 1. The Hall–Kier alpha value is -2.00. The van der Waals surface area contributed by atoms with E-state index in [1.165, 1.54) is 0 Å². The van der Waals surface area contributed by atoms with Gasteiger partial charge >= 0.3 is 5.97 Å². The van der Waals surface area contributed by atoms with Crippen LogP contribution in [0.25, 0.3) is 11.1 Å². The maximum Gasteiger partial charge on any atom is 0.335 e. The third kappa shape index (κ3) is 3.56. The predicted octanol–water partition coefficient (Wildman–Crippen LogP) is 4.80. The molecule has 1 N–H and O–H groups in total. The fourth-order valence-corrected chi connectivity index (χ4v) is 2.35. The molecule has 21 heavy (non-hydrogen) atoms. The minimum absolute atomic E-state index is 0.283. The molecule has 2 rings (SSSR count). The molecule has 0 aliphatic carbocycles. The first-order valence-corrected chi connectivity index (χ1v) is 7.17. The van der Waals surface area contributed by atoms with Crippen molar-refractivity contribution in [1.82, 2.24) is 0 Å². The summed E-state index contributed by atoms with van der Waals surface area (Å²) < 4.78 is 5.55. The molecule has 0 unspecified atom stereocenters. The van der Waals surface area contributed by atoms with Crippen molar-refractivity contribution in [2.45, 2.75) is 20.3 Å². The number of aryl methyl sites for hydroxylation is 1. The molecule has 0 radical (unpaired) electrons. The van der Waals surface area contributed by atoms with Crippen molar-refractivity contribution in [2.75, 3.05) is 6.61 Å². The SMILES string of the molecule is CCCOc1ccc(-c2ccc(C(=O)O)cc2C)cc1Cl. The highest BCUT2D eigenvalue weighted by molar-refractivity contribution is 6.32. The normalized spacial score (nSPS) is 10.4. The number of rotatable bonds is 5. The Bertz CT molecular complexity index is 665. The fourth-order valence-electron chi connectivity index (χ4n) is 2.12. The Balaban J connectivity index is 2.34. The Morgan fingerprint density at radius 3 is 2.57 bits per heavy atom. The van der Waals surface area contributed by atoms with Crippen LogP contribution in [0.3, 0.4) is 0 Å². The van der Waals surface area contributed by atoms with Crippen LogP contribution in [0, 0.1) is 6.92 Å². The highest BCUT2D eigenvalue weighted by Gasteiger charge is 2.09. The quantitative estimate of drug-likeness (QED) is 0.863. The van der Waals surface area contributed by atoms with E-state index in [4.69, 9.17) is 21.4 Å². The lowest BCUT2D eigenvalue weighted by atomic mass is 9.98. The van der Waals surface area contributed by atoms with E-state index >= 15 is 0 Å². The number of carbonyl (C=O) groups is 1. The Kier molecular flexibility index (Phi) is 4.86. The molecule has 0 fully saturated rings. The molecule has 0 amide bonds. The van der Waals surface area contributed by atoms with Gasteiger partial charge < -0.3 is 9.84 Å². The summed E-state index contributed by atoms with van der Waals surface area (Å²) in [6.45, 7) is 4.55. The second-order valence-corrected chi connectivity index (χ2v) is 5.24. The number of ether oxygens (including phenoxy) is 1. The fraction of sp³-hybridized carbons (Fsp3) is 0.235. The van der Waals surface area contributed by atoms with E-state index in [2.05, 4.69) is 0 Å². The molecule has 0 spiro atoms. The summed E-state index contributed by atoms with van der Waals surface area (Å²) in [6.07, 6.45) is 0.924. The maximum atomic E-state index is 11.0. The summed E-state index contributed by atoms with van der Waals surface area (Å²) in [5.41, 5.74) is 3.08. The van der Waals surface area contributed by atoms with Gasteiger partial charge in [-0.3, -0.25) is 0 Å². The largest absolute Gasteiger partial charge is 0.492 e. The van der Waals surface area contributed by atoms with Gasteiger partial charge in [-0.1, -0.05) is 30.7 Å². The van der Waals surface area contributed by atoms with E-state index < -0.39 is 5.97 Å². The van der Waals surface area contributed by atoms with Crippen LogP contribution in [-0.4, -0.2) is 17.7 Å². The van der Waals surface area contributed by atoms with Crippen LogP contribution in [0.2, 0.25) is 5.02 Å². The Labute approximate surface area is 129 Å². The number of carboxylic acid groups (broad SMARTS) is 1. The molecule has 2 aromatic rings. The molecule has 0 aliphatic rings. The molecule has 0 saturated heterocycles. The number of benzene rings is 2. The lowest BCUT2D eigenvalue weighted by Gasteiger charge is -2.11. The van der Waals surface area contributed by atoms with Gasteiger partial charge in [0.2, 0.25) is 0 Å². The lowest BCUT2D eigenvalue weighted by molar-refractivity contribution is 0.0697. The molecule has 110 valence electrons. The van der Waals surface area contributed by atoms with Crippen molar-refractivity contribution in [3.8, 4) is 16.9 Å². The van der Waals surface area contributed by atoms with Crippen LogP contribution in [0.5, 0.6) is 5.75 Å². The van der Waals surface area contributed by atoms with E-state index in [0.29, 0.717) is 17.4 Å². The number of hydrogen-bond donors (Lipinski definition) is 1. The van der Waals surface area contributed by atoms with E-state index in [1.54, 1.807) is 18.2 Å². The molecule has 0 bridgehead atoms. The van der Waals surface area contributed by atoms with Crippen molar-refractivity contribution >= 4 is 17.6 Å². The van der Waals surface area contributed by atoms with Gasteiger partial charge in [0.05, 0.1) is 17.2 Å². The highest BCUT2D eigenvalue weighted by atomic mass is 35.5. The van der Waals surface area contributed by atoms with Gasteiger partial charge in [0.25, 0.3) is 0 Å². The standard InChI is InChI=1S/C17H17ClO3/c1-3-8-21-16-7-5-12(10-15(16)18)14-6-4-13(17(19)20)9-11(14)2/h4-7,9-10H,3,8H2,1-2H3,(H,19,20). The van der Waals surface area contributed by atoms with Crippen molar-refractivity contribution in [1.29, 1.82) is 0 Å². The molecular weight excluding hydrogens is 288 g/mol. The molecule has 3 nitrogen and oxygen atoms in total. The lowest BCUT2D eigenvalue weighted by Crippen LogP contribution is -1.98. The summed E-state index contributed by atoms with van der Waals surface area (Å²) in [7, 11) is 0. The smallest absolute Gasteiger partial charge is 0.335 e. The van der Waals surface area contributed by atoms with Crippen molar-refractivity contribution in [2.24, 2.45) is 0 Å². The van der Waals surface area contributed by atoms with Gasteiger partial charge in [0.1, 0.15) is 5.75 Å². The van der Waals surface area contributed by atoms with Crippen LogP contribution >= 0.6 is 11.6 Å². The second kappa shape index (κ2) is 6.64. The average Bonchev–Trinajstić information content (AvgIpc) is 2.45. The molecule has 0 aliphatic heterocycles. The van der Waals surface area contributed by atoms with Crippen LogP contribution in [0.15, 0.2) is 36.4 Å². The summed E-state index contributed by atoms with van der Waals surface area (Å²) in [5, 5.41) is 9.55. The van der Waals surface area contributed by atoms with E-state index in [0.717, 1.165) is 23.1 Å². The van der Waals surface area contributed by atoms with Gasteiger partial charge in [-0.15, -0.1) is 0 Å². The second-order valence-electron chi connectivity index (χ2n) is 4.83. The number of aromatic carboxylic acids is 1. The minimum Gasteiger partial charge on any atom is -0.492 e. The van der Waals surface area contributed by atoms with Crippen LogP contribution in [-0.2, 0) is 0 Å².